The van der Waals surface area contributed by atoms with Gasteiger partial charge in [-0.15, -0.1) is 0 Å². The Morgan fingerprint density at radius 3 is 2.83 bits per heavy atom. The summed E-state index contributed by atoms with van der Waals surface area (Å²) in [6.07, 6.45) is 1.15. The van der Waals surface area contributed by atoms with Gasteiger partial charge >= 0.3 is 0 Å². The number of rotatable bonds is 4. The third-order valence-electron chi connectivity index (χ3n) is 3.38. The van der Waals surface area contributed by atoms with Gasteiger partial charge in [0.1, 0.15) is 6.04 Å². The summed E-state index contributed by atoms with van der Waals surface area (Å²) in [5.41, 5.74) is 6.53. The Bertz CT molecular complexity index is 394. The van der Waals surface area contributed by atoms with Gasteiger partial charge in [-0.05, 0) is 12.0 Å². The van der Waals surface area contributed by atoms with Crippen molar-refractivity contribution in [3.8, 4) is 0 Å². The molecule has 1 aromatic carbocycles. The zero-order valence-electron chi connectivity index (χ0n) is 10.7. The second kappa shape index (κ2) is 5.98. The maximum Gasteiger partial charge on any atom is 0.239 e. The second-order valence-electron chi connectivity index (χ2n) is 4.61. The van der Waals surface area contributed by atoms with Crippen LogP contribution in [0.15, 0.2) is 30.3 Å². The van der Waals surface area contributed by atoms with Gasteiger partial charge in [-0.1, -0.05) is 37.3 Å². The van der Waals surface area contributed by atoms with Gasteiger partial charge in [0.05, 0.1) is 12.7 Å². The molecule has 1 amide bonds. The molecular formula is C14H20N2O2. The molecule has 4 heteroatoms. The summed E-state index contributed by atoms with van der Waals surface area (Å²) < 4.78 is 5.63. The molecule has 0 unspecified atom stereocenters. The number of carbonyl (C=O) groups is 1. The van der Waals surface area contributed by atoms with Crippen LogP contribution in [-0.2, 0) is 9.53 Å². The van der Waals surface area contributed by atoms with Gasteiger partial charge in [-0.3, -0.25) is 9.69 Å². The fourth-order valence-electron chi connectivity index (χ4n) is 2.41. The predicted octanol–water partition coefficient (Wildman–Crippen LogP) is 1.32. The van der Waals surface area contributed by atoms with E-state index in [0.29, 0.717) is 6.61 Å². The smallest absolute Gasteiger partial charge is 0.239 e. The summed E-state index contributed by atoms with van der Waals surface area (Å²) >= 11 is 0. The minimum Gasteiger partial charge on any atom is -0.376 e. The van der Waals surface area contributed by atoms with E-state index in [1.54, 1.807) is 0 Å². The molecule has 1 aromatic rings. The largest absolute Gasteiger partial charge is 0.376 e. The van der Waals surface area contributed by atoms with Crippen molar-refractivity contribution in [3.05, 3.63) is 35.9 Å². The Morgan fingerprint density at radius 1 is 1.50 bits per heavy atom. The van der Waals surface area contributed by atoms with Crippen molar-refractivity contribution in [3.63, 3.8) is 0 Å². The molecule has 0 spiro atoms. The molecule has 4 nitrogen and oxygen atoms in total. The Balaban J connectivity index is 2.18. The molecule has 1 heterocycles. The fourth-order valence-corrected chi connectivity index (χ4v) is 2.41. The quantitative estimate of drug-likeness (QED) is 0.874. The summed E-state index contributed by atoms with van der Waals surface area (Å²) in [5, 5.41) is 0. The van der Waals surface area contributed by atoms with Crippen molar-refractivity contribution in [1.29, 1.82) is 0 Å². The number of hydrogen-bond acceptors (Lipinski definition) is 3. The first kappa shape index (κ1) is 13.1. The van der Waals surface area contributed by atoms with Crippen molar-refractivity contribution in [2.75, 3.05) is 19.7 Å². The Labute approximate surface area is 108 Å². The molecule has 1 saturated heterocycles. The molecule has 98 valence electrons. The standard InChI is InChI=1S/C14H20N2O2/c1-2-12-10-16(8-9-18-12)13(14(15)17)11-6-4-3-5-7-11/h3-7,12-13H,2,8-10H2,1H3,(H2,15,17)/t12-,13-/m1/s1. The number of carbonyl (C=O) groups excluding carboxylic acids is 1. The van der Waals surface area contributed by atoms with Crippen LogP contribution in [0.5, 0.6) is 0 Å². The van der Waals surface area contributed by atoms with Crippen LogP contribution >= 0.6 is 0 Å². The van der Waals surface area contributed by atoms with Crippen molar-refractivity contribution >= 4 is 5.91 Å². The Morgan fingerprint density at radius 2 is 2.22 bits per heavy atom. The SMILES string of the molecule is CC[C@@H]1CN([C@@H](C(N)=O)c2ccccc2)CCO1. The van der Waals surface area contributed by atoms with E-state index in [4.69, 9.17) is 10.5 Å². The monoisotopic (exact) mass is 248 g/mol. The van der Waals surface area contributed by atoms with Crippen molar-refractivity contribution in [2.45, 2.75) is 25.5 Å². The highest BCUT2D eigenvalue weighted by molar-refractivity contribution is 5.81. The zero-order valence-corrected chi connectivity index (χ0v) is 10.7. The highest BCUT2D eigenvalue weighted by Crippen LogP contribution is 2.23. The lowest BCUT2D eigenvalue weighted by atomic mass is 10.0. The lowest BCUT2D eigenvalue weighted by Gasteiger charge is -2.36. The van der Waals surface area contributed by atoms with Crippen LogP contribution in [-0.4, -0.2) is 36.6 Å². The number of nitrogens with two attached hydrogens (primary N) is 1. The first-order valence-corrected chi connectivity index (χ1v) is 6.42. The molecular weight excluding hydrogens is 228 g/mol. The average molecular weight is 248 g/mol. The van der Waals surface area contributed by atoms with Crippen LogP contribution in [0.3, 0.4) is 0 Å². The van der Waals surface area contributed by atoms with E-state index in [0.717, 1.165) is 25.1 Å². The predicted molar refractivity (Wildman–Crippen MR) is 70.0 cm³/mol. The number of amides is 1. The number of ether oxygens (including phenoxy) is 1. The number of nitrogens with zero attached hydrogens (tertiary/aromatic N) is 1. The minimum atomic E-state index is -0.343. The molecule has 0 aliphatic carbocycles. The van der Waals surface area contributed by atoms with E-state index in [2.05, 4.69) is 11.8 Å². The number of primary amides is 1. The lowest BCUT2D eigenvalue weighted by molar-refractivity contribution is -0.127. The van der Waals surface area contributed by atoms with Crippen molar-refractivity contribution < 1.29 is 9.53 Å². The molecule has 2 rings (SSSR count). The summed E-state index contributed by atoms with van der Waals surface area (Å²) in [4.78, 5) is 13.9. The molecule has 1 aliphatic heterocycles. The summed E-state index contributed by atoms with van der Waals surface area (Å²) in [6.45, 7) is 4.27. The van der Waals surface area contributed by atoms with Gasteiger partial charge < -0.3 is 10.5 Å². The minimum absolute atomic E-state index is 0.198. The third kappa shape index (κ3) is 2.89. The molecule has 1 fully saturated rings. The number of benzene rings is 1. The zero-order chi connectivity index (χ0) is 13.0. The maximum absolute atomic E-state index is 11.7. The molecule has 0 radical (unpaired) electrons. The van der Waals surface area contributed by atoms with Gasteiger partial charge in [-0.25, -0.2) is 0 Å². The van der Waals surface area contributed by atoms with E-state index in [-0.39, 0.29) is 18.1 Å². The normalized spacial score (nSPS) is 22.6. The van der Waals surface area contributed by atoms with Crippen molar-refractivity contribution in [2.24, 2.45) is 5.73 Å². The van der Waals surface area contributed by atoms with Crippen LogP contribution in [0, 0.1) is 0 Å². The molecule has 18 heavy (non-hydrogen) atoms. The average Bonchev–Trinajstić information content (AvgIpc) is 2.40. The van der Waals surface area contributed by atoms with Crippen LogP contribution in [0.25, 0.3) is 0 Å². The molecule has 1 aliphatic rings. The highest BCUT2D eigenvalue weighted by atomic mass is 16.5. The fraction of sp³-hybridized carbons (Fsp3) is 0.500. The van der Waals surface area contributed by atoms with Gasteiger partial charge in [0.15, 0.2) is 0 Å². The van der Waals surface area contributed by atoms with E-state index < -0.39 is 0 Å². The lowest BCUT2D eigenvalue weighted by Crippen LogP contribution is -2.47. The first-order chi connectivity index (χ1) is 8.72. The number of hydrogen-bond donors (Lipinski definition) is 1. The van der Waals surface area contributed by atoms with E-state index in [9.17, 15) is 4.79 Å². The first-order valence-electron chi connectivity index (χ1n) is 6.42. The van der Waals surface area contributed by atoms with Crippen LogP contribution < -0.4 is 5.73 Å². The van der Waals surface area contributed by atoms with Crippen LogP contribution in [0.4, 0.5) is 0 Å². The van der Waals surface area contributed by atoms with Crippen LogP contribution in [0.1, 0.15) is 24.9 Å². The topological polar surface area (TPSA) is 55.6 Å². The summed E-state index contributed by atoms with van der Waals surface area (Å²) in [5.74, 6) is -0.294. The van der Waals surface area contributed by atoms with Gasteiger partial charge in [0.25, 0.3) is 0 Å². The highest BCUT2D eigenvalue weighted by Gasteiger charge is 2.30. The molecule has 2 N–H and O–H groups in total. The van der Waals surface area contributed by atoms with E-state index >= 15 is 0 Å². The van der Waals surface area contributed by atoms with Crippen molar-refractivity contribution in [1.82, 2.24) is 4.90 Å². The molecule has 0 aromatic heterocycles. The second-order valence-corrected chi connectivity index (χ2v) is 4.61. The Kier molecular flexibility index (Phi) is 4.33. The number of morpholine rings is 1. The van der Waals surface area contributed by atoms with Gasteiger partial charge in [0.2, 0.25) is 5.91 Å². The van der Waals surface area contributed by atoms with E-state index in [1.807, 2.05) is 30.3 Å². The third-order valence-corrected chi connectivity index (χ3v) is 3.38. The summed E-state index contributed by atoms with van der Waals surface area (Å²) in [6, 6.07) is 9.36. The Hall–Kier alpha value is -1.39. The molecule has 2 atom stereocenters. The summed E-state index contributed by atoms with van der Waals surface area (Å²) in [7, 11) is 0. The van der Waals surface area contributed by atoms with Gasteiger partial charge in [-0.2, -0.15) is 0 Å². The maximum atomic E-state index is 11.7. The molecule has 0 bridgehead atoms. The van der Waals surface area contributed by atoms with Gasteiger partial charge in [0, 0.05) is 13.1 Å². The van der Waals surface area contributed by atoms with E-state index in [1.165, 1.54) is 0 Å². The van der Waals surface area contributed by atoms with Crippen LogP contribution in [0.2, 0.25) is 0 Å². The molecule has 0 saturated carbocycles.